The van der Waals surface area contributed by atoms with Crippen LogP contribution in [-0.4, -0.2) is 13.7 Å². The van der Waals surface area contributed by atoms with Crippen molar-refractivity contribution in [3.8, 4) is 5.75 Å². The Balaban J connectivity index is 2.47. The quantitative estimate of drug-likeness (QED) is 0.816. The van der Waals surface area contributed by atoms with Crippen molar-refractivity contribution >= 4 is 15.9 Å². The zero-order chi connectivity index (χ0) is 15.2. The SMILES string of the molecule is CCNC(c1cccc(CC)c1)c1cc(OC)ccc1Br. The summed E-state index contributed by atoms with van der Waals surface area (Å²) in [6.07, 6.45) is 1.05. The number of rotatable bonds is 6. The third-order valence-electron chi connectivity index (χ3n) is 3.62. The summed E-state index contributed by atoms with van der Waals surface area (Å²) in [5.74, 6) is 0.878. The minimum Gasteiger partial charge on any atom is -0.497 e. The Morgan fingerprint density at radius 3 is 2.62 bits per heavy atom. The molecule has 0 aromatic heterocycles. The van der Waals surface area contributed by atoms with Gasteiger partial charge in [-0.05, 0) is 47.9 Å². The van der Waals surface area contributed by atoms with Gasteiger partial charge in [0.25, 0.3) is 0 Å². The molecule has 0 heterocycles. The average Bonchev–Trinajstić information content (AvgIpc) is 2.53. The summed E-state index contributed by atoms with van der Waals surface area (Å²) in [6.45, 7) is 5.22. The number of halogens is 1. The molecule has 2 rings (SSSR count). The van der Waals surface area contributed by atoms with Crippen molar-refractivity contribution in [3.05, 3.63) is 63.6 Å². The number of nitrogens with one attached hydrogen (secondary N) is 1. The van der Waals surface area contributed by atoms with E-state index in [1.165, 1.54) is 16.7 Å². The molecule has 2 aromatic carbocycles. The first-order chi connectivity index (χ1) is 10.2. The number of ether oxygens (including phenoxy) is 1. The van der Waals surface area contributed by atoms with E-state index in [0.717, 1.165) is 23.2 Å². The van der Waals surface area contributed by atoms with Gasteiger partial charge in [-0.25, -0.2) is 0 Å². The Kier molecular flexibility index (Phi) is 5.83. The second kappa shape index (κ2) is 7.62. The maximum absolute atomic E-state index is 5.37. The van der Waals surface area contributed by atoms with Crippen LogP contribution in [0.15, 0.2) is 46.9 Å². The largest absolute Gasteiger partial charge is 0.497 e. The highest BCUT2D eigenvalue weighted by atomic mass is 79.9. The molecule has 2 nitrogen and oxygen atoms in total. The molecule has 0 spiro atoms. The second-order valence-corrected chi connectivity index (χ2v) is 5.83. The Bertz CT molecular complexity index is 598. The van der Waals surface area contributed by atoms with Crippen molar-refractivity contribution in [2.45, 2.75) is 26.3 Å². The predicted molar refractivity (Wildman–Crippen MR) is 92.0 cm³/mol. The highest BCUT2D eigenvalue weighted by Crippen LogP contribution is 2.32. The summed E-state index contributed by atoms with van der Waals surface area (Å²) in [7, 11) is 1.70. The van der Waals surface area contributed by atoms with Crippen molar-refractivity contribution in [3.63, 3.8) is 0 Å². The lowest BCUT2D eigenvalue weighted by molar-refractivity contribution is 0.413. The monoisotopic (exact) mass is 347 g/mol. The summed E-state index contributed by atoms with van der Waals surface area (Å²) < 4.78 is 6.46. The Morgan fingerprint density at radius 1 is 1.14 bits per heavy atom. The maximum Gasteiger partial charge on any atom is 0.119 e. The topological polar surface area (TPSA) is 21.3 Å². The van der Waals surface area contributed by atoms with E-state index in [2.05, 4.69) is 65.4 Å². The third-order valence-corrected chi connectivity index (χ3v) is 4.34. The number of aryl methyl sites for hydroxylation is 1. The average molecular weight is 348 g/mol. The molecule has 0 aliphatic heterocycles. The number of benzene rings is 2. The van der Waals surface area contributed by atoms with Crippen molar-refractivity contribution in [1.82, 2.24) is 5.32 Å². The van der Waals surface area contributed by atoms with E-state index in [1.54, 1.807) is 7.11 Å². The lowest BCUT2D eigenvalue weighted by atomic mass is 9.96. The second-order valence-electron chi connectivity index (χ2n) is 4.98. The van der Waals surface area contributed by atoms with Gasteiger partial charge < -0.3 is 10.1 Å². The molecule has 0 aliphatic carbocycles. The number of methoxy groups -OCH3 is 1. The molecule has 0 radical (unpaired) electrons. The molecule has 21 heavy (non-hydrogen) atoms. The van der Waals surface area contributed by atoms with Gasteiger partial charge in [0.2, 0.25) is 0 Å². The number of hydrogen-bond donors (Lipinski definition) is 1. The van der Waals surface area contributed by atoms with Crippen molar-refractivity contribution in [2.24, 2.45) is 0 Å². The molecule has 1 atom stereocenters. The highest BCUT2D eigenvalue weighted by molar-refractivity contribution is 9.10. The van der Waals surface area contributed by atoms with Gasteiger partial charge in [-0.2, -0.15) is 0 Å². The van der Waals surface area contributed by atoms with Crippen LogP contribution in [0.2, 0.25) is 0 Å². The fourth-order valence-corrected chi connectivity index (χ4v) is 2.95. The number of hydrogen-bond acceptors (Lipinski definition) is 2. The van der Waals surface area contributed by atoms with E-state index in [-0.39, 0.29) is 6.04 Å². The van der Waals surface area contributed by atoms with E-state index in [0.29, 0.717) is 0 Å². The van der Waals surface area contributed by atoms with Crippen LogP contribution in [0, 0.1) is 0 Å². The van der Waals surface area contributed by atoms with Crippen molar-refractivity contribution < 1.29 is 4.74 Å². The Morgan fingerprint density at radius 2 is 1.95 bits per heavy atom. The summed E-state index contributed by atoms with van der Waals surface area (Å²) in [4.78, 5) is 0. The van der Waals surface area contributed by atoms with E-state index in [4.69, 9.17) is 4.74 Å². The molecule has 0 bridgehead atoms. The lowest BCUT2D eigenvalue weighted by Gasteiger charge is -2.21. The fraction of sp³-hybridized carbons (Fsp3) is 0.333. The fourth-order valence-electron chi connectivity index (χ4n) is 2.47. The Labute approximate surface area is 135 Å². The van der Waals surface area contributed by atoms with Gasteiger partial charge in [-0.1, -0.05) is 54.0 Å². The first-order valence-electron chi connectivity index (χ1n) is 7.35. The van der Waals surface area contributed by atoms with Crippen LogP contribution in [0.4, 0.5) is 0 Å². The molecule has 0 amide bonds. The van der Waals surface area contributed by atoms with Crippen molar-refractivity contribution in [1.29, 1.82) is 0 Å². The van der Waals surface area contributed by atoms with Gasteiger partial charge in [0.1, 0.15) is 5.75 Å². The van der Waals surface area contributed by atoms with Crippen LogP contribution in [0.25, 0.3) is 0 Å². The zero-order valence-electron chi connectivity index (χ0n) is 12.8. The standard InChI is InChI=1S/C18H22BrNO/c1-4-13-7-6-8-14(11-13)18(20-5-2)16-12-15(21-3)9-10-17(16)19/h6-12,18,20H,4-5H2,1-3H3. The first kappa shape index (κ1) is 16.1. The minimum atomic E-state index is 0.158. The van der Waals surface area contributed by atoms with Crippen LogP contribution in [0.5, 0.6) is 5.75 Å². The molecular formula is C18H22BrNO. The van der Waals surface area contributed by atoms with Gasteiger partial charge in [-0.3, -0.25) is 0 Å². The van der Waals surface area contributed by atoms with Crippen LogP contribution in [0.3, 0.4) is 0 Å². The molecule has 0 fully saturated rings. The molecular weight excluding hydrogens is 326 g/mol. The summed E-state index contributed by atoms with van der Waals surface area (Å²) >= 11 is 3.67. The van der Waals surface area contributed by atoms with E-state index < -0.39 is 0 Å². The molecule has 0 saturated carbocycles. The molecule has 0 saturated heterocycles. The molecule has 2 aromatic rings. The highest BCUT2D eigenvalue weighted by Gasteiger charge is 2.17. The summed E-state index contributed by atoms with van der Waals surface area (Å²) in [5, 5.41) is 3.57. The Hall–Kier alpha value is -1.32. The predicted octanol–water partition coefficient (Wildman–Crippen LogP) is 4.72. The molecule has 112 valence electrons. The van der Waals surface area contributed by atoms with E-state index >= 15 is 0 Å². The summed E-state index contributed by atoms with van der Waals surface area (Å²) in [6, 6.07) is 15.0. The van der Waals surface area contributed by atoms with Gasteiger partial charge in [-0.15, -0.1) is 0 Å². The molecule has 0 aliphatic rings. The van der Waals surface area contributed by atoms with Gasteiger partial charge >= 0.3 is 0 Å². The van der Waals surface area contributed by atoms with Crippen molar-refractivity contribution in [2.75, 3.05) is 13.7 Å². The lowest BCUT2D eigenvalue weighted by Crippen LogP contribution is -2.22. The van der Waals surface area contributed by atoms with Crippen LogP contribution in [-0.2, 0) is 6.42 Å². The molecule has 1 unspecified atom stereocenters. The van der Waals surface area contributed by atoms with Gasteiger partial charge in [0.15, 0.2) is 0 Å². The zero-order valence-corrected chi connectivity index (χ0v) is 14.4. The molecule has 1 N–H and O–H groups in total. The normalized spacial score (nSPS) is 12.2. The molecule has 3 heteroatoms. The van der Waals surface area contributed by atoms with Crippen LogP contribution in [0.1, 0.15) is 36.6 Å². The summed E-state index contributed by atoms with van der Waals surface area (Å²) in [5.41, 5.74) is 3.84. The minimum absolute atomic E-state index is 0.158. The smallest absolute Gasteiger partial charge is 0.119 e. The maximum atomic E-state index is 5.37. The first-order valence-corrected chi connectivity index (χ1v) is 8.14. The van der Waals surface area contributed by atoms with Gasteiger partial charge in [0, 0.05) is 4.47 Å². The van der Waals surface area contributed by atoms with E-state index in [1.807, 2.05) is 12.1 Å². The van der Waals surface area contributed by atoms with Crippen LogP contribution >= 0.6 is 15.9 Å². The van der Waals surface area contributed by atoms with Crippen LogP contribution < -0.4 is 10.1 Å². The third kappa shape index (κ3) is 3.86. The van der Waals surface area contributed by atoms with Gasteiger partial charge in [0.05, 0.1) is 13.2 Å². The van der Waals surface area contributed by atoms with E-state index in [9.17, 15) is 0 Å².